The van der Waals surface area contributed by atoms with Gasteiger partial charge in [-0.15, -0.1) is 0 Å². The van der Waals surface area contributed by atoms with Crippen molar-refractivity contribution >= 4 is 5.91 Å². The molecule has 0 spiro atoms. The Kier molecular flexibility index (Phi) is 6.04. The molecule has 0 aliphatic rings. The number of nitriles is 1. The fourth-order valence-corrected chi connectivity index (χ4v) is 2.00. The van der Waals surface area contributed by atoms with Crippen LogP contribution in [0.25, 0.3) is 0 Å². The van der Waals surface area contributed by atoms with Crippen molar-refractivity contribution in [3.8, 4) is 6.07 Å². The van der Waals surface area contributed by atoms with E-state index in [9.17, 15) is 4.79 Å². The summed E-state index contributed by atoms with van der Waals surface area (Å²) in [4.78, 5) is 13.1. The minimum atomic E-state index is -0.303. The van der Waals surface area contributed by atoms with E-state index >= 15 is 0 Å². The number of amides is 1. The van der Waals surface area contributed by atoms with E-state index in [2.05, 4.69) is 17.9 Å². The average Bonchev–Trinajstić information content (AvgIpc) is 2.37. The molecule has 0 saturated heterocycles. The van der Waals surface area contributed by atoms with Crippen molar-refractivity contribution < 1.29 is 4.79 Å². The Hall–Kier alpha value is -1.86. The topological polar surface area (TPSA) is 70.1 Å². The smallest absolute Gasteiger partial charge is 0.231 e. The van der Waals surface area contributed by atoms with Crippen LogP contribution in [0.15, 0.2) is 18.2 Å². The third-order valence-electron chi connectivity index (χ3n) is 3.07. The van der Waals surface area contributed by atoms with Gasteiger partial charge in [-0.1, -0.05) is 19.4 Å². The van der Waals surface area contributed by atoms with E-state index in [0.717, 1.165) is 30.5 Å². The second-order valence-corrected chi connectivity index (χ2v) is 4.78. The summed E-state index contributed by atoms with van der Waals surface area (Å²) in [6.07, 6.45) is 2.13. The van der Waals surface area contributed by atoms with Gasteiger partial charge in [0.15, 0.2) is 0 Å². The van der Waals surface area contributed by atoms with Crippen LogP contribution in [-0.2, 0) is 11.3 Å². The number of carbonyl (C=O) groups is 1. The van der Waals surface area contributed by atoms with Crippen molar-refractivity contribution in [1.82, 2.24) is 4.90 Å². The highest BCUT2D eigenvalue weighted by Crippen LogP contribution is 2.13. The molecule has 102 valence electrons. The van der Waals surface area contributed by atoms with Crippen LogP contribution < -0.4 is 5.73 Å². The normalized spacial score (nSPS) is 10.4. The Labute approximate surface area is 114 Å². The maximum absolute atomic E-state index is 11.1. The van der Waals surface area contributed by atoms with Crippen molar-refractivity contribution in [3.63, 3.8) is 0 Å². The van der Waals surface area contributed by atoms with Gasteiger partial charge in [0.1, 0.15) is 0 Å². The largest absolute Gasteiger partial charge is 0.369 e. The zero-order valence-corrected chi connectivity index (χ0v) is 11.6. The second kappa shape index (κ2) is 7.55. The number of aryl methyl sites for hydroxylation is 1. The summed E-state index contributed by atoms with van der Waals surface area (Å²) in [5.74, 6) is -0.303. The third kappa shape index (κ3) is 5.11. The number of primary amides is 1. The second-order valence-electron chi connectivity index (χ2n) is 4.78. The standard InChI is InChI=1S/C15H21N3O/c1-3-4-7-18(11-15(17)19)10-14-6-5-13(9-16)8-12(14)2/h5-6,8H,3-4,7,10-11H2,1-2H3,(H2,17,19). The lowest BCUT2D eigenvalue weighted by molar-refractivity contribution is -0.119. The molecule has 2 N–H and O–H groups in total. The number of nitrogens with zero attached hydrogens (tertiary/aromatic N) is 2. The monoisotopic (exact) mass is 259 g/mol. The molecule has 0 heterocycles. The van der Waals surface area contributed by atoms with E-state index in [0.29, 0.717) is 12.1 Å². The minimum Gasteiger partial charge on any atom is -0.369 e. The Bertz CT molecular complexity index is 477. The predicted octanol–water partition coefficient (Wildman–Crippen LogP) is 1.95. The van der Waals surface area contributed by atoms with Crippen molar-refractivity contribution in [2.75, 3.05) is 13.1 Å². The molecule has 19 heavy (non-hydrogen) atoms. The third-order valence-corrected chi connectivity index (χ3v) is 3.07. The van der Waals surface area contributed by atoms with Gasteiger partial charge in [0, 0.05) is 6.54 Å². The molecule has 4 nitrogen and oxygen atoms in total. The van der Waals surface area contributed by atoms with Crippen LogP contribution in [0.5, 0.6) is 0 Å². The zero-order chi connectivity index (χ0) is 14.3. The van der Waals surface area contributed by atoms with E-state index in [1.54, 1.807) is 0 Å². The molecule has 0 unspecified atom stereocenters. The average molecular weight is 259 g/mol. The first kappa shape index (κ1) is 15.2. The highest BCUT2D eigenvalue weighted by atomic mass is 16.1. The molecule has 0 radical (unpaired) electrons. The van der Waals surface area contributed by atoms with Crippen LogP contribution in [0.4, 0.5) is 0 Å². The predicted molar refractivity (Wildman–Crippen MR) is 75.3 cm³/mol. The van der Waals surface area contributed by atoms with Crippen LogP contribution >= 0.6 is 0 Å². The molecule has 4 heteroatoms. The van der Waals surface area contributed by atoms with Gasteiger partial charge in [-0.3, -0.25) is 9.69 Å². The lowest BCUT2D eigenvalue weighted by atomic mass is 10.0. The van der Waals surface area contributed by atoms with Crippen LogP contribution in [-0.4, -0.2) is 23.9 Å². The van der Waals surface area contributed by atoms with Crippen LogP contribution in [0.2, 0.25) is 0 Å². The Balaban J connectivity index is 2.77. The first-order valence-electron chi connectivity index (χ1n) is 6.57. The molecule has 1 rings (SSSR count). The van der Waals surface area contributed by atoms with E-state index in [-0.39, 0.29) is 12.5 Å². The van der Waals surface area contributed by atoms with Crippen LogP contribution in [0.1, 0.15) is 36.5 Å². The molecular weight excluding hydrogens is 238 g/mol. The first-order chi connectivity index (χ1) is 9.06. The molecule has 1 amide bonds. The summed E-state index contributed by atoms with van der Waals surface area (Å²) >= 11 is 0. The van der Waals surface area contributed by atoms with Gasteiger partial charge in [0.25, 0.3) is 0 Å². The number of hydrogen-bond donors (Lipinski definition) is 1. The molecule has 0 aliphatic heterocycles. The van der Waals surface area contributed by atoms with Gasteiger partial charge in [0.2, 0.25) is 5.91 Å². The Morgan fingerprint density at radius 3 is 2.74 bits per heavy atom. The molecule has 0 aromatic heterocycles. The lowest BCUT2D eigenvalue weighted by Gasteiger charge is -2.21. The summed E-state index contributed by atoms with van der Waals surface area (Å²) in [6, 6.07) is 7.76. The van der Waals surface area contributed by atoms with Gasteiger partial charge in [-0.05, 0) is 43.1 Å². The molecule has 0 bridgehead atoms. The van der Waals surface area contributed by atoms with Gasteiger partial charge >= 0.3 is 0 Å². The molecule has 0 fully saturated rings. The summed E-state index contributed by atoms with van der Waals surface area (Å²) in [5.41, 5.74) is 8.15. The number of benzene rings is 1. The van der Waals surface area contributed by atoms with Crippen molar-refractivity contribution in [3.05, 3.63) is 34.9 Å². The maximum atomic E-state index is 11.1. The maximum Gasteiger partial charge on any atom is 0.231 e. The Morgan fingerprint density at radius 2 is 2.21 bits per heavy atom. The lowest BCUT2D eigenvalue weighted by Crippen LogP contribution is -2.34. The molecule has 1 aromatic carbocycles. The summed E-state index contributed by atoms with van der Waals surface area (Å²) < 4.78 is 0. The highest BCUT2D eigenvalue weighted by Gasteiger charge is 2.10. The van der Waals surface area contributed by atoms with Crippen molar-refractivity contribution in [2.24, 2.45) is 5.73 Å². The fraction of sp³-hybridized carbons (Fsp3) is 0.467. The van der Waals surface area contributed by atoms with E-state index in [1.807, 2.05) is 25.1 Å². The molecular formula is C15H21N3O. The van der Waals surface area contributed by atoms with Gasteiger partial charge in [0.05, 0.1) is 18.2 Å². The fourth-order valence-electron chi connectivity index (χ4n) is 2.00. The molecule has 0 saturated carbocycles. The summed E-state index contributed by atoms with van der Waals surface area (Å²) in [5, 5.41) is 8.85. The van der Waals surface area contributed by atoms with Gasteiger partial charge in [-0.2, -0.15) is 5.26 Å². The number of unbranched alkanes of at least 4 members (excludes halogenated alkanes) is 1. The quantitative estimate of drug-likeness (QED) is 0.813. The number of nitrogens with two attached hydrogens (primary N) is 1. The SMILES string of the molecule is CCCCN(CC(N)=O)Cc1ccc(C#N)cc1C. The highest BCUT2D eigenvalue weighted by molar-refractivity contribution is 5.75. The van der Waals surface area contributed by atoms with Gasteiger partial charge in [-0.25, -0.2) is 0 Å². The van der Waals surface area contributed by atoms with Crippen molar-refractivity contribution in [1.29, 1.82) is 5.26 Å². The van der Waals surface area contributed by atoms with E-state index < -0.39 is 0 Å². The van der Waals surface area contributed by atoms with Crippen LogP contribution in [0, 0.1) is 18.3 Å². The van der Waals surface area contributed by atoms with Crippen molar-refractivity contribution in [2.45, 2.75) is 33.2 Å². The van der Waals surface area contributed by atoms with E-state index in [4.69, 9.17) is 11.0 Å². The number of hydrogen-bond acceptors (Lipinski definition) is 3. The van der Waals surface area contributed by atoms with Crippen LogP contribution in [0.3, 0.4) is 0 Å². The first-order valence-corrected chi connectivity index (χ1v) is 6.57. The number of rotatable bonds is 7. The molecule has 0 atom stereocenters. The van der Waals surface area contributed by atoms with Gasteiger partial charge < -0.3 is 5.73 Å². The summed E-state index contributed by atoms with van der Waals surface area (Å²) in [6.45, 7) is 5.94. The minimum absolute atomic E-state index is 0.277. The zero-order valence-electron chi connectivity index (χ0n) is 11.6. The summed E-state index contributed by atoms with van der Waals surface area (Å²) in [7, 11) is 0. The molecule has 1 aromatic rings. The molecule has 0 aliphatic carbocycles. The number of carbonyl (C=O) groups excluding carboxylic acids is 1. The van der Waals surface area contributed by atoms with E-state index in [1.165, 1.54) is 0 Å². The Morgan fingerprint density at radius 1 is 1.47 bits per heavy atom.